The third-order valence-corrected chi connectivity index (χ3v) is 4.45. The van der Waals surface area contributed by atoms with Gasteiger partial charge in [-0.15, -0.1) is 0 Å². The molecule has 0 radical (unpaired) electrons. The summed E-state index contributed by atoms with van der Waals surface area (Å²) in [6.45, 7) is 1.84. The maximum atomic E-state index is 12.6. The Bertz CT molecular complexity index is 817. The van der Waals surface area contributed by atoms with Crippen molar-refractivity contribution in [1.29, 1.82) is 0 Å². The Morgan fingerprint density at radius 2 is 2.17 bits per heavy atom. The van der Waals surface area contributed by atoms with Gasteiger partial charge in [-0.3, -0.25) is 9.59 Å². The Kier molecular flexibility index (Phi) is 4.65. The lowest BCUT2D eigenvalue weighted by atomic mass is 9.93. The van der Waals surface area contributed by atoms with E-state index < -0.39 is 11.5 Å². The van der Waals surface area contributed by atoms with Crippen LogP contribution in [0.2, 0.25) is 0 Å². The third-order valence-electron chi connectivity index (χ3n) is 4.01. The first-order chi connectivity index (χ1) is 11.1. The van der Waals surface area contributed by atoms with Gasteiger partial charge in [-0.05, 0) is 44.2 Å². The largest absolute Gasteiger partial charge is 0.426 e. The lowest BCUT2D eigenvalue weighted by Gasteiger charge is -2.19. The fourth-order valence-corrected chi connectivity index (χ4v) is 3.31. The molecule has 0 bridgehead atoms. The van der Waals surface area contributed by atoms with Gasteiger partial charge in [-0.2, -0.15) is 0 Å². The number of nitrogens with one attached hydrogen (secondary N) is 2. The van der Waals surface area contributed by atoms with E-state index in [0.717, 1.165) is 42.5 Å². The van der Waals surface area contributed by atoms with E-state index in [0.29, 0.717) is 11.6 Å². The van der Waals surface area contributed by atoms with Gasteiger partial charge >= 0.3 is 0 Å². The maximum absolute atomic E-state index is 12.6. The van der Waals surface area contributed by atoms with Crippen molar-refractivity contribution in [3.05, 3.63) is 51.1 Å². The van der Waals surface area contributed by atoms with E-state index in [9.17, 15) is 9.59 Å². The van der Waals surface area contributed by atoms with E-state index in [1.165, 1.54) is 0 Å². The van der Waals surface area contributed by atoms with Gasteiger partial charge in [0.25, 0.3) is 11.5 Å². The number of pyridine rings is 2. The second-order valence-corrected chi connectivity index (χ2v) is 5.96. The highest BCUT2D eigenvalue weighted by atomic mass is 127. The number of anilines is 1. The van der Waals surface area contributed by atoms with Crippen LogP contribution >= 0.6 is 23.0 Å². The predicted octanol–water partition coefficient (Wildman–Crippen LogP) is 2.94. The molecule has 6 nitrogen and oxygen atoms in total. The second kappa shape index (κ2) is 6.69. The lowest BCUT2D eigenvalue weighted by Crippen LogP contribution is -2.27. The van der Waals surface area contributed by atoms with E-state index in [-0.39, 0.29) is 5.56 Å². The summed E-state index contributed by atoms with van der Waals surface area (Å²) in [5, 5.41) is 2.70. The Morgan fingerprint density at radius 3 is 2.91 bits per heavy atom. The van der Waals surface area contributed by atoms with Crippen molar-refractivity contribution >= 4 is 34.7 Å². The minimum Gasteiger partial charge on any atom is -0.426 e. The molecular weight excluding hydrogens is 409 g/mol. The van der Waals surface area contributed by atoms with Crippen LogP contribution in [-0.4, -0.2) is 15.9 Å². The number of hydrogen-bond acceptors (Lipinski definition) is 4. The standard InChI is InChI=1S/C16H16IN3O3/c1-9-5-4-8-18-14(9)20-16(22)12-13(23-17)10-6-2-3-7-11(10)19-15(12)21/h4-5,8H,2-3,6-7H2,1H3,(H,19,21)(H,18,20,22). The molecule has 23 heavy (non-hydrogen) atoms. The number of carbonyl (C=O) groups excluding carboxylic acids is 1. The fourth-order valence-electron chi connectivity index (χ4n) is 2.83. The van der Waals surface area contributed by atoms with Crippen LogP contribution in [0.25, 0.3) is 0 Å². The first kappa shape index (κ1) is 16.0. The third kappa shape index (κ3) is 3.10. The van der Waals surface area contributed by atoms with E-state index in [2.05, 4.69) is 15.3 Å². The number of aromatic amines is 1. The van der Waals surface area contributed by atoms with Crippen LogP contribution < -0.4 is 13.9 Å². The van der Waals surface area contributed by atoms with Gasteiger partial charge in [0.2, 0.25) is 0 Å². The van der Waals surface area contributed by atoms with Gasteiger partial charge in [-0.1, -0.05) is 6.07 Å². The Morgan fingerprint density at radius 1 is 1.39 bits per heavy atom. The highest BCUT2D eigenvalue weighted by molar-refractivity contribution is 14.1. The molecule has 2 heterocycles. The molecule has 1 aliphatic rings. The molecule has 0 spiro atoms. The molecule has 7 heteroatoms. The zero-order chi connectivity index (χ0) is 16.4. The SMILES string of the molecule is Cc1cccnc1NC(=O)c1c(OI)c2c([nH]c1=O)CCCC2. The Balaban J connectivity index is 2.04. The summed E-state index contributed by atoms with van der Waals surface area (Å²) in [7, 11) is 0. The van der Waals surface area contributed by atoms with Gasteiger partial charge in [0.1, 0.15) is 11.4 Å². The van der Waals surface area contributed by atoms with Crippen molar-refractivity contribution in [3.8, 4) is 5.75 Å². The average Bonchev–Trinajstić information content (AvgIpc) is 2.55. The summed E-state index contributed by atoms with van der Waals surface area (Å²) in [4.78, 5) is 31.9. The zero-order valence-electron chi connectivity index (χ0n) is 12.6. The van der Waals surface area contributed by atoms with Crippen LogP contribution in [0.3, 0.4) is 0 Å². The van der Waals surface area contributed by atoms with Crippen LogP contribution in [0.4, 0.5) is 5.82 Å². The Labute approximate surface area is 147 Å². The summed E-state index contributed by atoms with van der Waals surface area (Å²) in [5.74, 6) is 0.303. The molecule has 1 aliphatic carbocycles. The smallest absolute Gasteiger partial charge is 0.266 e. The average molecular weight is 425 g/mol. The van der Waals surface area contributed by atoms with Crippen LogP contribution in [0.5, 0.6) is 5.75 Å². The van der Waals surface area contributed by atoms with E-state index in [1.54, 1.807) is 35.3 Å². The lowest BCUT2D eigenvalue weighted by molar-refractivity contribution is 0.102. The van der Waals surface area contributed by atoms with Gasteiger partial charge in [0.05, 0.1) is 0 Å². The van der Waals surface area contributed by atoms with Gasteiger partial charge < -0.3 is 13.4 Å². The zero-order valence-corrected chi connectivity index (χ0v) is 14.8. The summed E-state index contributed by atoms with van der Waals surface area (Å²) in [6, 6.07) is 3.63. The van der Waals surface area contributed by atoms with Crippen molar-refractivity contribution < 1.29 is 7.86 Å². The summed E-state index contributed by atoms with van der Waals surface area (Å²) in [6.07, 6.45) is 5.25. The van der Waals surface area contributed by atoms with E-state index in [1.807, 2.05) is 13.0 Å². The molecule has 0 atom stereocenters. The molecule has 0 saturated heterocycles. The predicted molar refractivity (Wildman–Crippen MR) is 95.3 cm³/mol. The van der Waals surface area contributed by atoms with Crippen molar-refractivity contribution in [2.45, 2.75) is 32.6 Å². The summed E-state index contributed by atoms with van der Waals surface area (Å²) in [5.41, 5.74) is 2.20. The highest BCUT2D eigenvalue weighted by Gasteiger charge is 2.26. The molecule has 0 aromatic carbocycles. The first-order valence-corrected chi connectivity index (χ1v) is 8.29. The van der Waals surface area contributed by atoms with Gasteiger partial charge in [0, 0.05) is 17.5 Å². The molecule has 0 saturated carbocycles. The number of fused-ring (bicyclic) bond motifs is 1. The summed E-state index contributed by atoms with van der Waals surface area (Å²) < 4.78 is 5.38. The molecule has 1 amide bonds. The number of H-pyrrole nitrogens is 1. The normalized spacial score (nSPS) is 13.3. The number of carbonyl (C=O) groups is 1. The van der Waals surface area contributed by atoms with Gasteiger partial charge in [0.15, 0.2) is 28.8 Å². The topological polar surface area (TPSA) is 84.1 Å². The molecule has 0 fully saturated rings. The van der Waals surface area contributed by atoms with Gasteiger partial charge in [-0.25, -0.2) is 4.98 Å². The molecular formula is C16H16IN3O3. The summed E-state index contributed by atoms with van der Waals surface area (Å²) >= 11 is 1.72. The maximum Gasteiger partial charge on any atom is 0.266 e. The molecule has 2 N–H and O–H groups in total. The van der Waals surface area contributed by atoms with Crippen LogP contribution in [0.15, 0.2) is 23.1 Å². The minimum absolute atomic E-state index is 0.00473. The molecule has 2 aromatic rings. The fraction of sp³-hybridized carbons (Fsp3) is 0.312. The number of hydrogen-bond donors (Lipinski definition) is 2. The molecule has 3 rings (SSSR count). The molecule has 0 aliphatic heterocycles. The highest BCUT2D eigenvalue weighted by Crippen LogP contribution is 2.31. The van der Waals surface area contributed by atoms with Crippen molar-refractivity contribution in [3.63, 3.8) is 0 Å². The number of amides is 1. The molecule has 0 unspecified atom stereocenters. The van der Waals surface area contributed by atoms with Crippen LogP contribution in [0, 0.1) is 6.92 Å². The van der Waals surface area contributed by atoms with E-state index in [4.69, 9.17) is 3.07 Å². The van der Waals surface area contributed by atoms with E-state index >= 15 is 0 Å². The van der Waals surface area contributed by atoms with Crippen molar-refractivity contribution in [2.75, 3.05) is 5.32 Å². The van der Waals surface area contributed by atoms with Crippen LogP contribution in [-0.2, 0) is 12.8 Å². The van der Waals surface area contributed by atoms with Crippen molar-refractivity contribution in [1.82, 2.24) is 9.97 Å². The minimum atomic E-state index is -0.506. The van der Waals surface area contributed by atoms with Crippen molar-refractivity contribution in [2.24, 2.45) is 0 Å². The molecule has 120 valence electrons. The van der Waals surface area contributed by atoms with Crippen LogP contribution in [0.1, 0.15) is 40.0 Å². The Hall–Kier alpha value is -1.90. The molecule has 2 aromatic heterocycles. The number of aryl methyl sites for hydroxylation is 2. The monoisotopic (exact) mass is 425 g/mol. The second-order valence-electron chi connectivity index (χ2n) is 5.52. The number of rotatable bonds is 3. The number of aromatic nitrogens is 2. The first-order valence-electron chi connectivity index (χ1n) is 7.41. The number of nitrogens with zero attached hydrogens (tertiary/aromatic N) is 1. The number of halogens is 1. The quantitative estimate of drug-likeness (QED) is 0.741.